The van der Waals surface area contributed by atoms with Crippen LogP contribution in [0.25, 0.3) is 0 Å². The van der Waals surface area contributed by atoms with E-state index in [1.54, 1.807) is 31.5 Å². The predicted molar refractivity (Wildman–Crippen MR) is 89.7 cm³/mol. The van der Waals surface area contributed by atoms with Crippen molar-refractivity contribution in [2.45, 2.75) is 13.0 Å². The first-order valence-corrected chi connectivity index (χ1v) is 7.67. The number of aromatic nitrogens is 2. The zero-order valence-corrected chi connectivity index (χ0v) is 13.7. The van der Waals surface area contributed by atoms with Crippen molar-refractivity contribution in [3.05, 3.63) is 77.4 Å². The summed E-state index contributed by atoms with van der Waals surface area (Å²) in [5.74, 6) is 0.947. The Morgan fingerprint density at radius 2 is 1.92 bits per heavy atom. The molecule has 2 aromatic carbocycles. The van der Waals surface area contributed by atoms with Crippen LogP contribution in [0.1, 0.15) is 16.8 Å². The fraction of sp³-hybridized carbons (Fsp3) is 0.211. The van der Waals surface area contributed by atoms with Crippen LogP contribution in [0.3, 0.4) is 0 Å². The zero-order chi connectivity index (χ0) is 16.9. The number of methoxy groups -OCH3 is 1. The van der Waals surface area contributed by atoms with Gasteiger partial charge in [-0.3, -0.25) is 4.68 Å². The summed E-state index contributed by atoms with van der Waals surface area (Å²) in [6.07, 6.45) is 2.50. The molecular weight excluding hydrogens is 307 g/mol. The maximum Gasteiger partial charge on any atom is 0.161 e. The number of halogens is 1. The second-order valence-corrected chi connectivity index (χ2v) is 5.49. The minimum atomic E-state index is -0.275. The Labute approximate surface area is 140 Å². The molecule has 0 saturated carbocycles. The second-order valence-electron chi connectivity index (χ2n) is 5.49. The van der Waals surface area contributed by atoms with E-state index in [-0.39, 0.29) is 12.4 Å². The number of nitrogens with zero attached hydrogens (tertiary/aromatic N) is 2. The van der Waals surface area contributed by atoms with Crippen molar-refractivity contribution in [3.8, 4) is 11.5 Å². The van der Waals surface area contributed by atoms with Crippen molar-refractivity contribution >= 4 is 0 Å². The van der Waals surface area contributed by atoms with Crippen molar-refractivity contribution < 1.29 is 13.9 Å². The molecule has 0 saturated heterocycles. The first kappa shape index (κ1) is 16.1. The van der Waals surface area contributed by atoms with Crippen LogP contribution in [-0.2, 0) is 20.1 Å². The van der Waals surface area contributed by atoms with Gasteiger partial charge < -0.3 is 9.47 Å². The number of hydrogen-bond acceptors (Lipinski definition) is 3. The number of hydrogen-bond donors (Lipinski definition) is 0. The van der Waals surface area contributed by atoms with Crippen LogP contribution in [0.2, 0.25) is 0 Å². The van der Waals surface area contributed by atoms with Gasteiger partial charge in [0.05, 0.1) is 7.11 Å². The third-order valence-corrected chi connectivity index (χ3v) is 3.88. The maximum absolute atomic E-state index is 13.7. The summed E-state index contributed by atoms with van der Waals surface area (Å²) in [4.78, 5) is 0. The lowest BCUT2D eigenvalue weighted by atomic mass is 10.1. The Hall–Kier alpha value is -2.82. The van der Waals surface area contributed by atoms with Crippen LogP contribution in [-0.4, -0.2) is 16.9 Å². The predicted octanol–water partition coefficient (Wildman–Crippen LogP) is 3.74. The third-order valence-electron chi connectivity index (χ3n) is 3.88. The van der Waals surface area contributed by atoms with Crippen molar-refractivity contribution in [1.82, 2.24) is 9.78 Å². The number of ether oxygens (including phenoxy) is 2. The summed E-state index contributed by atoms with van der Waals surface area (Å²) in [5, 5.41) is 4.17. The lowest BCUT2D eigenvalue weighted by Gasteiger charge is -2.13. The molecular formula is C19H19FN2O2. The van der Waals surface area contributed by atoms with E-state index in [4.69, 9.17) is 9.47 Å². The number of benzene rings is 2. The largest absolute Gasteiger partial charge is 0.493 e. The number of aryl methyl sites for hydroxylation is 1. The molecule has 0 spiro atoms. The molecule has 0 aliphatic carbocycles. The lowest BCUT2D eigenvalue weighted by Crippen LogP contribution is -2.02. The van der Waals surface area contributed by atoms with E-state index < -0.39 is 0 Å². The summed E-state index contributed by atoms with van der Waals surface area (Å²) < 4.78 is 26.7. The van der Waals surface area contributed by atoms with E-state index in [0.29, 0.717) is 17.1 Å². The molecule has 0 bridgehead atoms. The highest BCUT2D eigenvalue weighted by Gasteiger charge is 2.09. The topological polar surface area (TPSA) is 36.3 Å². The minimum Gasteiger partial charge on any atom is -0.493 e. The molecule has 3 aromatic rings. The summed E-state index contributed by atoms with van der Waals surface area (Å²) in [5.41, 5.74) is 2.68. The molecule has 4 nitrogen and oxygen atoms in total. The maximum atomic E-state index is 13.7. The average Bonchev–Trinajstić information content (AvgIpc) is 2.99. The van der Waals surface area contributed by atoms with Crippen molar-refractivity contribution in [3.63, 3.8) is 0 Å². The smallest absolute Gasteiger partial charge is 0.161 e. The SMILES string of the molecule is COc1ccc(Cc2ccnn2C)cc1OCc1ccccc1F. The Morgan fingerprint density at radius 1 is 1.08 bits per heavy atom. The molecule has 124 valence electrons. The molecule has 0 unspecified atom stereocenters. The monoisotopic (exact) mass is 326 g/mol. The molecule has 0 fully saturated rings. The first-order chi connectivity index (χ1) is 11.7. The Balaban J connectivity index is 1.79. The third kappa shape index (κ3) is 3.56. The van der Waals surface area contributed by atoms with Crippen LogP contribution in [0.5, 0.6) is 11.5 Å². The van der Waals surface area contributed by atoms with Gasteiger partial charge in [-0.15, -0.1) is 0 Å². The molecule has 0 radical (unpaired) electrons. The summed E-state index contributed by atoms with van der Waals surface area (Å²) in [6, 6.07) is 14.3. The van der Waals surface area contributed by atoms with Gasteiger partial charge in [0, 0.05) is 30.9 Å². The highest BCUT2D eigenvalue weighted by Crippen LogP contribution is 2.30. The summed E-state index contributed by atoms with van der Waals surface area (Å²) >= 11 is 0. The normalized spacial score (nSPS) is 10.6. The van der Waals surface area contributed by atoms with Gasteiger partial charge in [-0.25, -0.2) is 4.39 Å². The van der Waals surface area contributed by atoms with Crippen molar-refractivity contribution in [2.24, 2.45) is 7.05 Å². The molecule has 0 N–H and O–H groups in total. The molecule has 1 aromatic heterocycles. The Kier molecular flexibility index (Phi) is 4.79. The Bertz CT molecular complexity index is 830. The van der Waals surface area contributed by atoms with Crippen molar-refractivity contribution in [1.29, 1.82) is 0 Å². The molecule has 24 heavy (non-hydrogen) atoms. The average molecular weight is 326 g/mol. The van der Waals surface area contributed by atoms with Gasteiger partial charge in [0.2, 0.25) is 0 Å². The van der Waals surface area contributed by atoms with E-state index in [9.17, 15) is 4.39 Å². The van der Waals surface area contributed by atoms with Crippen molar-refractivity contribution in [2.75, 3.05) is 7.11 Å². The van der Waals surface area contributed by atoms with E-state index >= 15 is 0 Å². The van der Waals surface area contributed by atoms with Gasteiger partial charge in [0.15, 0.2) is 11.5 Å². The second kappa shape index (κ2) is 7.17. The summed E-state index contributed by atoms with van der Waals surface area (Å²) in [6.45, 7) is 0.151. The van der Waals surface area contributed by atoms with Gasteiger partial charge in [-0.2, -0.15) is 5.10 Å². The molecule has 5 heteroatoms. The fourth-order valence-electron chi connectivity index (χ4n) is 2.50. The molecule has 0 atom stereocenters. The molecule has 0 aliphatic heterocycles. The molecule has 0 aliphatic rings. The zero-order valence-electron chi connectivity index (χ0n) is 13.7. The van der Waals surface area contributed by atoms with Crippen LogP contribution in [0, 0.1) is 5.82 Å². The van der Waals surface area contributed by atoms with Gasteiger partial charge in [-0.1, -0.05) is 24.3 Å². The van der Waals surface area contributed by atoms with Crippen LogP contribution in [0.4, 0.5) is 4.39 Å². The quantitative estimate of drug-likeness (QED) is 0.692. The van der Waals surface area contributed by atoms with Gasteiger partial charge in [0.1, 0.15) is 12.4 Å². The van der Waals surface area contributed by atoms with E-state index in [0.717, 1.165) is 17.7 Å². The van der Waals surface area contributed by atoms with E-state index in [1.807, 2.05) is 36.0 Å². The minimum absolute atomic E-state index is 0.151. The molecule has 1 heterocycles. The van der Waals surface area contributed by atoms with E-state index in [2.05, 4.69) is 5.10 Å². The summed E-state index contributed by atoms with van der Waals surface area (Å²) in [7, 11) is 3.50. The van der Waals surface area contributed by atoms with Crippen LogP contribution >= 0.6 is 0 Å². The first-order valence-electron chi connectivity index (χ1n) is 7.67. The van der Waals surface area contributed by atoms with Crippen LogP contribution in [0.15, 0.2) is 54.7 Å². The van der Waals surface area contributed by atoms with Gasteiger partial charge >= 0.3 is 0 Å². The van der Waals surface area contributed by atoms with Gasteiger partial charge in [0.25, 0.3) is 0 Å². The highest BCUT2D eigenvalue weighted by atomic mass is 19.1. The Morgan fingerprint density at radius 3 is 2.62 bits per heavy atom. The van der Waals surface area contributed by atoms with Gasteiger partial charge in [-0.05, 0) is 29.8 Å². The fourth-order valence-corrected chi connectivity index (χ4v) is 2.50. The molecule has 3 rings (SSSR count). The standard InChI is InChI=1S/C19H19FN2O2/c1-22-16(9-10-21-22)11-14-7-8-18(23-2)19(12-14)24-13-15-5-3-4-6-17(15)20/h3-10,12H,11,13H2,1-2H3. The van der Waals surface area contributed by atoms with E-state index in [1.165, 1.54) is 6.07 Å². The lowest BCUT2D eigenvalue weighted by molar-refractivity contribution is 0.279. The molecule has 0 amide bonds. The number of rotatable bonds is 6. The van der Waals surface area contributed by atoms with Crippen LogP contribution < -0.4 is 9.47 Å². The highest BCUT2D eigenvalue weighted by molar-refractivity contribution is 5.44.